The van der Waals surface area contributed by atoms with Gasteiger partial charge in [-0.2, -0.15) is 0 Å². The van der Waals surface area contributed by atoms with Crippen LogP contribution in [0.4, 0.5) is 4.79 Å². The zero-order valence-electron chi connectivity index (χ0n) is 13.1. The fraction of sp³-hybridized carbons (Fsp3) is 0.500. The van der Waals surface area contributed by atoms with Gasteiger partial charge in [-0.15, -0.1) is 0 Å². The Kier molecular flexibility index (Phi) is 4.27. The van der Waals surface area contributed by atoms with Gasteiger partial charge in [0, 0.05) is 18.4 Å². The molecule has 0 unspecified atom stereocenters. The van der Waals surface area contributed by atoms with Gasteiger partial charge in [-0.25, -0.2) is 9.80 Å². The molecule has 2 heterocycles. The fourth-order valence-electron chi connectivity index (χ4n) is 3.29. The van der Waals surface area contributed by atoms with E-state index >= 15 is 0 Å². The maximum atomic E-state index is 12.5. The molecular weight excluding hydrogens is 296 g/mol. The first-order chi connectivity index (χ1) is 11.1. The maximum Gasteiger partial charge on any atom is 0.346 e. The largest absolute Gasteiger partial charge is 0.346 e. The molecule has 1 aliphatic heterocycles. The lowest BCUT2D eigenvalue weighted by Gasteiger charge is -2.34. The molecule has 23 heavy (non-hydrogen) atoms. The summed E-state index contributed by atoms with van der Waals surface area (Å²) in [5, 5.41) is 1.10. The SMILES string of the molecule is C[C@H]1CCCC[C@H]1N1C(=O)CN(NC(=O)c2cccnc2)C1=O. The molecule has 3 rings (SSSR count). The van der Waals surface area contributed by atoms with Gasteiger partial charge in [0.05, 0.1) is 5.56 Å². The van der Waals surface area contributed by atoms with Crippen molar-refractivity contribution in [2.75, 3.05) is 6.54 Å². The van der Waals surface area contributed by atoms with E-state index in [0.717, 1.165) is 30.7 Å². The lowest BCUT2D eigenvalue weighted by molar-refractivity contribution is -0.128. The molecule has 122 valence electrons. The van der Waals surface area contributed by atoms with Gasteiger partial charge in [-0.1, -0.05) is 19.8 Å². The summed E-state index contributed by atoms with van der Waals surface area (Å²) < 4.78 is 0. The molecule has 2 atom stereocenters. The predicted octanol–water partition coefficient (Wildman–Crippen LogP) is 1.57. The lowest BCUT2D eigenvalue weighted by Crippen LogP contribution is -2.49. The van der Waals surface area contributed by atoms with Gasteiger partial charge in [0.1, 0.15) is 6.54 Å². The van der Waals surface area contributed by atoms with Crippen molar-refractivity contribution >= 4 is 17.8 Å². The van der Waals surface area contributed by atoms with Crippen molar-refractivity contribution in [1.29, 1.82) is 0 Å². The first kappa shape index (κ1) is 15.5. The number of hydrogen-bond acceptors (Lipinski definition) is 4. The quantitative estimate of drug-likeness (QED) is 0.858. The van der Waals surface area contributed by atoms with Crippen molar-refractivity contribution in [3.8, 4) is 0 Å². The molecule has 1 aromatic heterocycles. The summed E-state index contributed by atoms with van der Waals surface area (Å²) in [5.41, 5.74) is 2.85. The molecule has 2 aliphatic rings. The third-order valence-electron chi connectivity index (χ3n) is 4.56. The first-order valence-corrected chi connectivity index (χ1v) is 7.92. The molecule has 0 bridgehead atoms. The molecule has 1 aliphatic carbocycles. The Morgan fingerprint density at radius 3 is 2.78 bits per heavy atom. The number of nitrogens with zero attached hydrogens (tertiary/aromatic N) is 3. The van der Waals surface area contributed by atoms with E-state index in [1.54, 1.807) is 18.3 Å². The van der Waals surface area contributed by atoms with E-state index < -0.39 is 11.9 Å². The molecule has 0 aromatic carbocycles. The van der Waals surface area contributed by atoms with Crippen LogP contribution in [0.25, 0.3) is 0 Å². The van der Waals surface area contributed by atoms with E-state index in [2.05, 4.69) is 17.3 Å². The highest BCUT2D eigenvalue weighted by Crippen LogP contribution is 2.30. The van der Waals surface area contributed by atoms with E-state index in [9.17, 15) is 14.4 Å². The number of aromatic nitrogens is 1. The molecule has 4 amide bonds. The average molecular weight is 316 g/mol. The highest BCUT2D eigenvalue weighted by atomic mass is 16.2. The van der Waals surface area contributed by atoms with Crippen LogP contribution in [-0.2, 0) is 4.79 Å². The van der Waals surface area contributed by atoms with Crippen LogP contribution < -0.4 is 5.43 Å². The van der Waals surface area contributed by atoms with E-state index in [1.165, 1.54) is 11.1 Å². The van der Waals surface area contributed by atoms with Gasteiger partial charge < -0.3 is 0 Å². The minimum atomic E-state index is -0.446. The van der Waals surface area contributed by atoms with Crippen molar-refractivity contribution in [3.63, 3.8) is 0 Å². The summed E-state index contributed by atoms with van der Waals surface area (Å²) in [5.74, 6) is -0.399. The van der Waals surface area contributed by atoms with Crippen molar-refractivity contribution in [2.45, 2.75) is 38.6 Å². The predicted molar refractivity (Wildman–Crippen MR) is 82.1 cm³/mol. The van der Waals surface area contributed by atoms with Gasteiger partial charge in [-0.05, 0) is 30.9 Å². The molecule has 7 heteroatoms. The second-order valence-electron chi connectivity index (χ2n) is 6.14. The van der Waals surface area contributed by atoms with Crippen LogP contribution in [0.5, 0.6) is 0 Å². The zero-order chi connectivity index (χ0) is 16.4. The monoisotopic (exact) mass is 316 g/mol. The average Bonchev–Trinajstić information content (AvgIpc) is 2.83. The molecule has 1 saturated heterocycles. The fourth-order valence-corrected chi connectivity index (χ4v) is 3.29. The molecule has 1 N–H and O–H groups in total. The van der Waals surface area contributed by atoms with Crippen molar-refractivity contribution in [2.24, 2.45) is 5.92 Å². The Hall–Kier alpha value is -2.44. The van der Waals surface area contributed by atoms with Crippen molar-refractivity contribution < 1.29 is 14.4 Å². The summed E-state index contributed by atoms with van der Waals surface area (Å²) in [6.07, 6.45) is 6.99. The van der Waals surface area contributed by atoms with Crippen molar-refractivity contribution in [1.82, 2.24) is 20.3 Å². The number of amides is 4. The summed E-state index contributed by atoms with van der Waals surface area (Å²) in [4.78, 5) is 42.1. The van der Waals surface area contributed by atoms with Crippen LogP contribution in [0.1, 0.15) is 43.0 Å². The van der Waals surface area contributed by atoms with Gasteiger partial charge in [0.25, 0.3) is 11.8 Å². The first-order valence-electron chi connectivity index (χ1n) is 7.92. The lowest BCUT2D eigenvalue weighted by atomic mass is 9.85. The number of carbonyl (C=O) groups excluding carboxylic acids is 3. The third kappa shape index (κ3) is 3.04. The van der Waals surface area contributed by atoms with Crippen LogP contribution in [0.2, 0.25) is 0 Å². The number of pyridine rings is 1. The van der Waals surface area contributed by atoms with Gasteiger partial charge >= 0.3 is 6.03 Å². The standard InChI is InChI=1S/C16H20N4O3/c1-11-5-2-3-7-13(11)20-14(21)10-19(16(20)23)18-15(22)12-6-4-8-17-9-12/h4,6,8-9,11,13H,2-3,5,7,10H2,1H3,(H,18,22)/t11-,13+/m0/s1. The highest BCUT2D eigenvalue weighted by molar-refractivity contribution is 6.04. The van der Waals surface area contributed by atoms with E-state index in [4.69, 9.17) is 0 Å². The Morgan fingerprint density at radius 2 is 2.09 bits per heavy atom. The normalized spacial score (nSPS) is 24.9. The smallest absolute Gasteiger partial charge is 0.272 e. The van der Waals surface area contributed by atoms with Gasteiger partial charge in [-0.3, -0.25) is 24.9 Å². The molecule has 7 nitrogen and oxygen atoms in total. The molecule has 0 spiro atoms. The van der Waals surface area contributed by atoms with Crippen LogP contribution in [-0.4, -0.2) is 45.3 Å². The molecular formula is C16H20N4O3. The van der Waals surface area contributed by atoms with Crippen LogP contribution in [0, 0.1) is 5.92 Å². The second kappa shape index (κ2) is 6.36. The van der Waals surface area contributed by atoms with Crippen molar-refractivity contribution in [3.05, 3.63) is 30.1 Å². The summed E-state index contributed by atoms with van der Waals surface area (Å²) in [6, 6.07) is 2.74. The minimum Gasteiger partial charge on any atom is -0.272 e. The zero-order valence-corrected chi connectivity index (χ0v) is 13.1. The number of hydrogen-bond donors (Lipinski definition) is 1. The number of hydrazine groups is 1. The van der Waals surface area contributed by atoms with Gasteiger partial charge in [0.2, 0.25) is 0 Å². The molecule has 1 aromatic rings. The molecule has 2 fully saturated rings. The van der Waals surface area contributed by atoms with E-state index in [-0.39, 0.29) is 18.5 Å². The number of imide groups is 1. The number of rotatable bonds is 3. The van der Waals surface area contributed by atoms with Gasteiger partial charge in [0.15, 0.2) is 0 Å². The molecule has 0 radical (unpaired) electrons. The Bertz CT molecular complexity index is 619. The van der Waals surface area contributed by atoms with E-state index in [0.29, 0.717) is 11.5 Å². The Balaban J connectivity index is 1.70. The number of nitrogens with one attached hydrogen (secondary N) is 1. The third-order valence-corrected chi connectivity index (χ3v) is 4.56. The van der Waals surface area contributed by atoms with E-state index in [1.807, 2.05) is 0 Å². The van der Waals surface area contributed by atoms with Crippen LogP contribution in [0.15, 0.2) is 24.5 Å². The topological polar surface area (TPSA) is 82.6 Å². The molecule has 1 saturated carbocycles. The van der Waals surface area contributed by atoms with Crippen LogP contribution in [0.3, 0.4) is 0 Å². The summed E-state index contributed by atoms with van der Waals surface area (Å²) in [6.45, 7) is 1.95. The highest BCUT2D eigenvalue weighted by Gasteiger charge is 2.43. The Morgan fingerprint density at radius 1 is 1.30 bits per heavy atom. The minimum absolute atomic E-state index is 0.0657. The number of urea groups is 1. The second-order valence-corrected chi connectivity index (χ2v) is 6.14. The summed E-state index contributed by atoms with van der Waals surface area (Å²) in [7, 11) is 0. The number of carbonyl (C=O) groups is 3. The maximum absolute atomic E-state index is 12.5. The van der Waals surface area contributed by atoms with Crippen LogP contribution >= 0.6 is 0 Å². The Labute approximate surface area is 134 Å². The summed E-state index contributed by atoms with van der Waals surface area (Å²) >= 11 is 0.